The molecule has 0 aliphatic rings. The smallest absolute Gasteiger partial charge is 0.240 e. The highest BCUT2D eigenvalue weighted by atomic mass is 35.5. The first-order valence-corrected chi connectivity index (χ1v) is 6.87. The van der Waals surface area contributed by atoms with Gasteiger partial charge < -0.3 is 14.8 Å². The number of hydrogen-bond donors (Lipinski definition) is 1. The van der Waals surface area contributed by atoms with Crippen LogP contribution in [-0.2, 0) is 0 Å². The summed E-state index contributed by atoms with van der Waals surface area (Å²) in [5.74, 6) is 0.798. The molecule has 0 amide bonds. The van der Waals surface area contributed by atoms with E-state index >= 15 is 0 Å². The number of methoxy groups -OCH3 is 2. The Morgan fingerprint density at radius 3 is 2.57 bits per heavy atom. The van der Waals surface area contributed by atoms with Crippen molar-refractivity contribution in [1.82, 2.24) is 20.3 Å². The maximum Gasteiger partial charge on any atom is 0.240 e. The van der Waals surface area contributed by atoms with Gasteiger partial charge in [0.15, 0.2) is 0 Å². The van der Waals surface area contributed by atoms with E-state index in [1.807, 2.05) is 13.0 Å². The Balaban J connectivity index is 2.44. The van der Waals surface area contributed by atoms with Crippen molar-refractivity contribution < 1.29 is 9.47 Å². The molecule has 6 nitrogen and oxygen atoms in total. The van der Waals surface area contributed by atoms with Crippen LogP contribution in [0, 0.1) is 0 Å². The molecular formula is C14H17ClN4O2. The summed E-state index contributed by atoms with van der Waals surface area (Å²) in [5.41, 5.74) is 1.44. The van der Waals surface area contributed by atoms with E-state index in [0.717, 1.165) is 12.2 Å². The van der Waals surface area contributed by atoms with Gasteiger partial charge in [0.1, 0.15) is 5.69 Å². The summed E-state index contributed by atoms with van der Waals surface area (Å²) in [4.78, 5) is 13.0. The van der Waals surface area contributed by atoms with Gasteiger partial charge in [0.2, 0.25) is 11.8 Å². The van der Waals surface area contributed by atoms with E-state index in [1.165, 1.54) is 7.11 Å². The first-order chi connectivity index (χ1) is 10.2. The molecule has 0 aromatic carbocycles. The van der Waals surface area contributed by atoms with Gasteiger partial charge in [-0.1, -0.05) is 18.5 Å². The third kappa shape index (κ3) is 3.59. The lowest BCUT2D eigenvalue weighted by Gasteiger charge is -2.18. The molecule has 2 rings (SSSR count). The first-order valence-electron chi connectivity index (χ1n) is 6.49. The molecule has 1 unspecified atom stereocenters. The van der Waals surface area contributed by atoms with Crippen LogP contribution in [0.15, 0.2) is 24.5 Å². The summed E-state index contributed by atoms with van der Waals surface area (Å²) in [7, 11) is 3.08. The van der Waals surface area contributed by atoms with Gasteiger partial charge in [0, 0.05) is 6.20 Å². The van der Waals surface area contributed by atoms with Crippen LogP contribution in [0.2, 0.25) is 5.02 Å². The van der Waals surface area contributed by atoms with Crippen molar-refractivity contribution in [2.75, 3.05) is 20.8 Å². The van der Waals surface area contributed by atoms with E-state index in [1.54, 1.807) is 25.6 Å². The van der Waals surface area contributed by atoms with Crippen LogP contribution in [-0.4, -0.2) is 35.7 Å². The molecule has 0 bridgehead atoms. The van der Waals surface area contributed by atoms with Gasteiger partial charge in [-0.15, -0.1) is 0 Å². The molecule has 0 saturated carbocycles. The molecule has 0 saturated heterocycles. The fourth-order valence-corrected chi connectivity index (χ4v) is 2.03. The second-order valence-electron chi connectivity index (χ2n) is 4.20. The van der Waals surface area contributed by atoms with Crippen molar-refractivity contribution in [2.45, 2.75) is 13.0 Å². The summed E-state index contributed by atoms with van der Waals surface area (Å²) in [5, 5.41) is 3.90. The third-order valence-electron chi connectivity index (χ3n) is 2.88. The molecule has 2 aromatic rings. The van der Waals surface area contributed by atoms with E-state index in [4.69, 9.17) is 21.1 Å². The normalized spacial score (nSPS) is 12.0. The predicted molar refractivity (Wildman–Crippen MR) is 79.9 cm³/mol. The second kappa shape index (κ2) is 7.19. The van der Waals surface area contributed by atoms with E-state index < -0.39 is 0 Å². The number of hydrogen-bond acceptors (Lipinski definition) is 6. The van der Waals surface area contributed by atoms with Gasteiger partial charge in [-0.25, -0.2) is 4.98 Å². The monoisotopic (exact) mass is 308 g/mol. The molecule has 1 N–H and O–H groups in total. The van der Waals surface area contributed by atoms with Crippen LogP contribution in [0.1, 0.15) is 24.4 Å². The number of aromatic nitrogens is 3. The van der Waals surface area contributed by atoms with Crippen LogP contribution in [0.4, 0.5) is 0 Å². The highest BCUT2D eigenvalue weighted by Gasteiger charge is 2.22. The molecular weight excluding hydrogens is 292 g/mol. The van der Waals surface area contributed by atoms with Gasteiger partial charge >= 0.3 is 0 Å². The van der Waals surface area contributed by atoms with E-state index in [-0.39, 0.29) is 6.04 Å². The minimum Gasteiger partial charge on any atom is -0.480 e. The number of pyridine rings is 1. The molecule has 0 aliphatic carbocycles. The maximum atomic E-state index is 5.89. The topological polar surface area (TPSA) is 69.2 Å². The average molecular weight is 309 g/mol. The third-order valence-corrected chi connectivity index (χ3v) is 3.10. The average Bonchev–Trinajstić information content (AvgIpc) is 2.53. The minimum atomic E-state index is -0.236. The summed E-state index contributed by atoms with van der Waals surface area (Å²) in [6, 6.07) is 3.40. The van der Waals surface area contributed by atoms with Crippen molar-refractivity contribution in [3.63, 3.8) is 0 Å². The Morgan fingerprint density at radius 1 is 1.19 bits per heavy atom. The van der Waals surface area contributed by atoms with Crippen molar-refractivity contribution in [2.24, 2.45) is 0 Å². The number of halogens is 1. The Bertz CT molecular complexity index is 592. The van der Waals surface area contributed by atoms with Crippen LogP contribution in [0.25, 0.3) is 0 Å². The molecule has 2 aromatic heterocycles. The predicted octanol–water partition coefficient (Wildman–Crippen LogP) is 2.24. The number of nitrogens with one attached hydrogen (secondary N) is 1. The van der Waals surface area contributed by atoms with Crippen molar-refractivity contribution in [3.8, 4) is 11.8 Å². The first kappa shape index (κ1) is 15.5. The summed E-state index contributed by atoms with van der Waals surface area (Å²) in [6.07, 6.45) is 3.16. The number of rotatable bonds is 6. The molecule has 1 atom stereocenters. The summed E-state index contributed by atoms with van der Waals surface area (Å²) < 4.78 is 10.4. The Hall–Kier alpha value is -1.92. The second-order valence-corrected chi connectivity index (χ2v) is 4.64. The van der Waals surface area contributed by atoms with Gasteiger partial charge in [-0.3, -0.25) is 4.98 Å². The zero-order valence-corrected chi connectivity index (χ0v) is 12.9. The highest BCUT2D eigenvalue weighted by Crippen LogP contribution is 2.27. The van der Waals surface area contributed by atoms with Crippen LogP contribution >= 0.6 is 11.6 Å². The Labute approximate surface area is 128 Å². The molecule has 0 radical (unpaired) electrons. The molecule has 21 heavy (non-hydrogen) atoms. The zero-order valence-electron chi connectivity index (χ0n) is 12.1. The quantitative estimate of drug-likeness (QED) is 0.882. The van der Waals surface area contributed by atoms with Gasteiger partial charge in [0.25, 0.3) is 0 Å². The lowest BCUT2D eigenvalue weighted by molar-refractivity contribution is 0.352. The van der Waals surface area contributed by atoms with E-state index in [0.29, 0.717) is 22.5 Å². The minimum absolute atomic E-state index is 0.236. The van der Waals surface area contributed by atoms with Gasteiger partial charge in [-0.05, 0) is 18.7 Å². The molecule has 7 heteroatoms. The Morgan fingerprint density at radius 2 is 2.00 bits per heavy atom. The van der Waals surface area contributed by atoms with E-state index in [9.17, 15) is 0 Å². The van der Waals surface area contributed by atoms with Crippen LogP contribution < -0.4 is 14.8 Å². The fourth-order valence-electron chi connectivity index (χ4n) is 1.92. The van der Waals surface area contributed by atoms with Crippen LogP contribution in [0.3, 0.4) is 0 Å². The summed E-state index contributed by atoms with van der Waals surface area (Å²) in [6.45, 7) is 2.75. The highest BCUT2D eigenvalue weighted by molar-refractivity contribution is 6.30. The zero-order chi connectivity index (χ0) is 15.2. The molecule has 112 valence electrons. The largest absolute Gasteiger partial charge is 0.480 e. The standard InChI is InChI=1S/C14H17ClN4O2/c1-4-16-12(10-6-5-9(15)7-17-10)13-14(21-3)19-11(20-2)8-18-13/h5-8,12,16H,4H2,1-3H3. The van der Waals surface area contributed by atoms with Crippen molar-refractivity contribution >= 4 is 11.6 Å². The lowest BCUT2D eigenvalue weighted by Crippen LogP contribution is -2.24. The number of nitrogens with zero attached hydrogens (tertiary/aromatic N) is 3. The lowest BCUT2D eigenvalue weighted by atomic mass is 10.1. The maximum absolute atomic E-state index is 5.89. The van der Waals surface area contributed by atoms with Gasteiger partial charge in [-0.2, -0.15) is 4.98 Å². The molecule has 0 fully saturated rings. The SMILES string of the molecule is CCNC(c1ccc(Cl)cn1)c1ncc(OC)nc1OC. The van der Waals surface area contributed by atoms with Gasteiger partial charge in [0.05, 0.1) is 37.2 Å². The summed E-state index contributed by atoms with van der Waals surface area (Å²) >= 11 is 5.89. The van der Waals surface area contributed by atoms with E-state index in [2.05, 4.69) is 20.3 Å². The molecule has 0 spiro atoms. The van der Waals surface area contributed by atoms with Crippen molar-refractivity contribution in [1.29, 1.82) is 0 Å². The number of ether oxygens (including phenoxy) is 2. The molecule has 0 aliphatic heterocycles. The Kier molecular flexibility index (Phi) is 5.30. The van der Waals surface area contributed by atoms with Crippen molar-refractivity contribution in [3.05, 3.63) is 40.9 Å². The van der Waals surface area contributed by atoms with Crippen LogP contribution in [0.5, 0.6) is 11.8 Å². The fraction of sp³-hybridized carbons (Fsp3) is 0.357. The molecule has 2 heterocycles.